The topological polar surface area (TPSA) is 95.9 Å². The van der Waals surface area contributed by atoms with Gasteiger partial charge in [0.05, 0.1) is 25.5 Å². The van der Waals surface area contributed by atoms with E-state index in [1.807, 2.05) is 32.0 Å². The zero-order valence-electron chi connectivity index (χ0n) is 21.4. The molecule has 2 fully saturated rings. The maximum Gasteiger partial charge on any atom is 0.161 e. The lowest BCUT2D eigenvalue weighted by Crippen LogP contribution is -2.44. The van der Waals surface area contributed by atoms with Gasteiger partial charge in [-0.15, -0.1) is 5.10 Å². The molecule has 2 aromatic heterocycles. The monoisotopic (exact) mass is 494 g/mol. The van der Waals surface area contributed by atoms with Crippen LogP contribution in [0.15, 0.2) is 36.7 Å². The number of hydrogen-bond acceptors (Lipinski definition) is 9. The molecule has 9 heteroatoms. The highest BCUT2D eigenvalue weighted by Crippen LogP contribution is 2.37. The van der Waals surface area contributed by atoms with Crippen molar-refractivity contribution in [2.45, 2.75) is 26.7 Å². The number of nitrogens with zero attached hydrogens (tertiary/aromatic N) is 5. The average molecular weight is 495 g/mol. The zero-order chi connectivity index (χ0) is 25.2. The van der Waals surface area contributed by atoms with Crippen molar-refractivity contribution in [2.75, 3.05) is 70.5 Å². The number of hydrogen-bond donors (Lipinski definition) is 2. The second-order valence-corrected chi connectivity index (χ2v) is 8.76. The van der Waals surface area contributed by atoms with Crippen molar-refractivity contribution in [3.63, 3.8) is 0 Å². The predicted molar refractivity (Wildman–Crippen MR) is 142 cm³/mol. The summed E-state index contributed by atoms with van der Waals surface area (Å²) in [6.07, 6.45) is 5.07. The Morgan fingerprint density at radius 1 is 1.00 bits per heavy atom. The fourth-order valence-corrected chi connectivity index (χ4v) is 4.55. The molecule has 5 rings (SSSR count). The number of fused-ring (bicyclic) bond motifs is 1. The number of phenols is 1. The minimum absolute atomic E-state index is 0.133. The number of benzene rings is 1. The number of aromatic nitrogens is 3. The molecule has 1 aromatic carbocycles. The van der Waals surface area contributed by atoms with Gasteiger partial charge in [-0.2, -0.15) is 5.10 Å². The van der Waals surface area contributed by atoms with Gasteiger partial charge in [0.25, 0.3) is 0 Å². The van der Waals surface area contributed by atoms with Crippen molar-refractivity contribution in [3.8, 4) is 11.5 Å². The first-order valence-electron chi connectivity index (χ1n) is 13.1. The number of aromatic hydroxyl groups is 1. The highest BCUT2D eigenvalue weighted by Gasteiger charge is 2.20. The Balaban J connectivity index is 0.00000148. The van der Waals surface area contributed by atoms with Gasteiger partial charge < -0.3 is 24.8 Å². The first kappa shape index (κ1) is 26.1. The Labute approximate surface area is 213 Å². The molecular weight excluding hydrogens is 456 g/mol. The molecule has 2 saturated heterocycles. The summed E-state index contributed by atoms with van der Waals surface area (Å²) in [5, 5.41) is 25.3. The second-order valence-electron chi connectivity index (χ2n) is 8.76. The summed E-state index contributed by atoms with van der Waals surface area (Å²) in [5.41, 5.74) is 1.93. The molecule has 0 bridgehead atoms. The molecule has 0 atom stereocenters. The maximum absolute atomic E-state index is 10.8. The third-order valence-corrected chi connectivity index (χ3v) is 6.43. The van der Waals surface area contributed by atoms with Crippen LogP contribution in [0.2, 0.25) is 0 Å². The van der Waals surface area contributed by atoms with E-state index >= 15 is 0 Å². The molecule has 2 N–H and O–H groups in total. The van der Waals surface area contributed by atoms with Crippen molar-refractivity contribution in [2.24, 2.45) is 0 Å². The zero-order valence-corrected chi connectivity index (χ0v) is 21.4. The smallest absolute Gasteiger partial charge is 0.161 e. The molecule has 194 valence electrons. The van der Waals surface area contributed by atoms with E-state index in [4.69, 9.17) is 9.47 Å². The third kappa shape index (κ3) is 6.60. The van der Waals surface area contributed by atoms with Crippen LogP contribution in [0.3, 0.4) is 0 Å². The summed E-state index contributed by atoms with van der Waals surface area (Å²) in [6.45, 7) is 12.6. The lowest BCUT2D eigenvalue weighted by atomic mass is 10.0. The number of ether oxygens (including phenoxy) is 2. The predicted octanol–water partition coefficient (Wildman–Crippen LogP) is 2.86. The molecule has 2 aliphatic rings. The molecular formula is C27H38N6O3. The molecule has 0 amide bonds. The van der Waals surface area contributed by atoms with Gasteiger partial charge in [-0.05, 0) is 36.2 Å². The summed E-state index contributed by atoms with van der Waals surface area (Å²) >= 11 is 0. The van der Waals surface area contributed by atoms with Crippen LogP contribution in [-0.2, 0) is 11.2 Å². The molecule has 36 heavy (non-hydrogen) atoms. The van der Waals surface area contributed by atoms with Crippen molar-refractivity contribution in [3.05, 3.63) is 47.9 Å². The van der Waals surface area contributed by atoms with Crippen molar-refractivity contribution >= 4 is 16.6 Å². The molecule has 3 aromatic rings. The summed E-state index contributed by atoms with van der Waals surface area (Å²) in [7, 11) is 0. The number of pyridine rings is 1. The molecule has 4 heterocycles. The van der Waals surface area contributed by atoms with Crippen LogP contribution in [0.1, 0.15) is 31.5 Å². The van der Waals surface area contributed by atoms with E-state index in [2.05, 4.69) is 30.3 Å². The van der Waals surface area contributed by atoms with Crippen molar-refractivity contribution in [1.29, 1.82) is 0 Å². The Morgan fingerprint density at radius 2 is 1.75 bits per heavy atom. The lowest BCUT2D eigenvalue weighted by molar-refractivity contribution is 0.0357. The van der Waals surface area contributed by atoms with Crippen molar-refractivity contribution < 1.29 is 14.6 Å². The van der Waals surface area contributed by atoms with Crippen LogP contribution in [0.4, 0.5) is 5.82 Å². The molecule has 0 radical (unpaired) electrons. The van der Waals surface area contributed by atoms with E-state index in [1.165, 1.54) is 0 Å². The van der Waals surface area contributed by atoms with Gasteiger partial charge in [0.15, 0.2) is 17.3 Å². The molecule has 0 aliphatic carbocycles. The van der Waals surface area contributed by atoms with Crippen LogP contribution in [0, 0.1) is 0 Å². The minimum atomic E-state index is 0.133. The van der Waals surface area contributed by atoms with Crippen LogP contribution < -0.4 is 15.0 Å². The standard InChI is InChI=1S/C25H32N6O3.C2H6/c32-23-17-20-21(18-24(23)34-13-1-8-30-11-14-33-15-12-30)25(31-9-6-27-7-10-31)29-28-22(20)16-19-2-4-26-5-3-19;1-2/h2-5,17-18,27,32H,1,6-16H2;1-2H3. The number of nitrogens with one attached hydrogen (secondary N) is 1. The number of morpholine rings is 1. The van der Waals surface area contributed by atoms with Crippen LogP contribution in [0.25, 0.3) is 10.8 Å². The van der Waals surface area contributed by atoms with E-state index in [1.54, 1.807) is 18.5 Å². The van der Waals surface area contributed by atoms with Gasteiger partial charge >= 0.3 is 0 Å². The van der Waals surface area contributed by atoms with E-state index < -0.39 is 0 Å². The summed E-state index contributed by atoms with van der Waals surface area (Å²) in [6, 6.07) is 7.66. The maximum atomic E-state index is 10.8. The first-order chi connectivity index (χ1) is 17.8. The van der Waals surface area contributed by atoms with Gasteiger partial charge in [0, 0.05) is 75.4 Å². The fraction of sp³-hybridized carbons (Fsp3) is 0.519. The highest BCUT2D eigenvalue weighted by atomic mass is 16.5. The summed E-state index contributed by atoms with van der Waals surface area (Å²) in [4.78, 5) is 8.74. The number of phenolic OH excluding ortho intramolecular Hbond substituents is 1. The van der Waals surface area contributed by atoms with Gasteiger partial charge in [-0.25, -0.2) is 0 Å². The highest BCUT2D eigenvalue weighted by molar-refractivity contribution is 5.96. The van der Waals surface area contributed by atoms with Crippen molar-refractivity contribution in [1.82, 2.24) is 25.4 Å². The quantitative estimate of drug-likeness (QED) is 0.458. The summed E-state index contributed by atoms with van der Waals surface area (Å²) < 4.78 is 11.5. The van der Waals surface area contributed by atoms with Crippen LogP contribution in [-0.4, -0.2) is 90.8 Å². The Morgan fingerprint density at radius 3 is 2.50 bits per heavy atom. The van der Waals surface area contributed by atoms with Crippen LogP contribution >= 0.6 is 0 Å². The van der Waals surface area contributed by atoms with E-state index in [0.29, 0.717) is 18.8 Å². The van der Waals surface area contributed by atoms with Gasteiger partial charge in [0.1, 0.15) is 0 Å². The van der Waals surface area contributed by atoms with E-state index in [0.717, 1.165) is 93.3 Å². The number of anilines is 1. The number of rotatable bonds is 8. The van der Waals surface area contributed by atoms with Gasteiger partial charge in [0.2, 0.25) is 0 Å². The molecule has 2 aliphatic heterocycles. The third-order valence-electron chi connectivity index (χ3n) is 6.43. The van der Waals surface area contributed by atoms with Gasteiger partial charge in [-0.1, -0.05) is 13.8 Å². The Hall–Kier alpha value is -3.01. The second kappa shape index (κ2) is 13.3. The number of piperazine rings is 1. The lowest BCUT2D eigenvalue weighted by Gasteiger charge is -2.29. The van der Waals surface area contributed by atoms with E-state index in [9.17, 15) is 5.11 Å². The normalized spacial score (nSPS) is 16.4. The average Bonchev–Trinajstić information content (AvgIpc) is 2.94. The molecule has 0 spiro atoms. The van der Waals surface area contributed by atoms with Gasteiger partial charge in [-0.3, -0.25) is 9.88 Å². The van der Waals surface area contributed by atoms with E-state index in [-0.39, 0.29) is 5.75 Å². The molecule has 0 unspecified atom stereocenters. The molecule has 9 nitrogen and oxygen atoms in total. The SMILES string of the molecule is CC.Oc1cc2c(Cc3ccncc3)nnc(N3CCNCC3)c2cc1OCCCN1CCOCC1. The Kier molecular flexibility index (Phi) is 9.66. The Bertz CT molecular complexity index is 1090. The molecule has 0 saturated carbocycles. The van der Waals surface area contributed by atoms with Crippen LogP contribution in [0.5, 0.6) is 11.5 Å². The fourth-order valence-electron chi connectivity index (χ4n) is 4.55. The largest absolute Gasteiger partial charge is 0.504 e. The minimum Gasteiger partial charge on any atom is -0.504 e. The summed E-state index contributed by atoms with van der Waals surface area (Å²) in [5.74, 6) is 1.47. The first-order valence-corrected chi connectivity index (χ1v) is 13.1.